The minimum absolute atomic E-state index is 0.167. The molecular weight excluding hydrogens is 358 g/mol. The maximum Gasteiger partial charge on any atom is 0.255 e. The predicted octanol–water partition coefficient (Wildman–Crippen LogP) is 2.43. The summed E-state index contributed by atoms with van der Waals surface area (Å²) in [6.07, 6.45) is 1.99. The first-order chi connectivity index (χ1) is 13.7. The van der Waals surface area contributed by atoms with Crippen LogP contribution in [0.15, 0.2) is 54.7 Å². The van der Waals surface area contributed by atoms with Crippen LogP contribution >= 0.6 is 0 Å². The number of hydrogen-bond donors (Lipinski definition) is 3. The zero-order valence-electron chi connectivity index (χ0n) is 15.8. The van der Waals surface area contributed by atoms with Crippen molar-refractivity contribution < 1.29 is 19.4 Å². The van der Waals surface area contributed by atoms with E-state index in [1.807, 2.05) is 30.3 Å². The minimum Gasteiger partial charge on any atom is -0.497 e. The molecule has 3 N–H and O–H groups in total. The number of H-pyrrole nitrogens is 1. The van der Waals surface area contributed by atoms with Gasteiger partial charge in [-0.3, -0.25) is 9.89 Å². The van der Waals surface area contributed by atoms with Gasteiger partial charge in [-0.25, -0.2) is 0 Å². The number of benzene rings is 2. The Morgan fingerprint density at radius 2 is 1.96 bits per heavy atom. The van der Waals surface area contributed by atoms with Gasteiger partial charge in [0.25, 0.3) is 5.91 Å². The summed E-state index contributed by atoms with van der Waals surface area (Å²) in [5, 5.41) is 19.4. The fraction of sp³-hybridized carbons (Fsp3) is 0.238. The van der Waals surface area contributed by atoms with Crippen molar-refractivity contribution >= 4 is 5.91 Å². The van der Waals surface area contributed by atoms with Gasteiger partial charge in [0.1, 0.15) is 11.5 Å². The third-order valence-electron chi connectivity index (χ3n) is 4.44. The topological polar surface area (TPSA) is 96.5 Å². The lowest BCUT2D eigenvalue weighted by molar-refractivity contribution is 0.0917. The first-order valence-electron chi connectivity index (χ1n) is 8.87. The summed E-state index contributed by atoms with van der Waals surface area (Å²) in [5.41, 5.74) is 2.63. The van der Waals surface area contributed by atoms with Gasteiger partial charge in [0.05, 0.1) is 44.3 Å². The Kier molecular flexibility index (Phi) is 6.29. The third kappa shape index (κ3) is 4.32. The number of aromatic amines is 1. The van der Waals surface area contributed by atoms with Crippen molar-refractivity contribution in [2.45, 2.75) is 12.5 Å². The van der Waals surface area contributed by atoms with E-state index in [1.165, 1.54) is 6.20 Å². The Hall–Kier alpha value is -3.32. The molecule has 1 aromatic heterocycles. The fourth-order valence-electron chi connectivity index (χ4n) is 2.99. The van der Waals surface area contributed by atoms with Crippen LogP contribution in [-0.4, -0.2) is 48.1 Å². The highest BCUT2D eigenvalue weighted by atomic mass is 16.5. The van der Waals surface area contributed by atoms with E-state index < -0.39 is 6.04 Å². The molecule has 28 heavy (non-hydrogen) atoms. The molecule has 1 atom stereocenters. The highest BCUT2D eigenvalue weighted by molar-refractivity contribution is 6.00. The molecule has 0 unspecified atom stereocenters. The van der Waals surface area contributed by atoms with Gasteiger partial charge in [0.2, 0.25) is 0 Å². The molecule has 0 bridgehead atoms. The van der Waals surface area contributed by atoms with Crippen molar-refractivity contribution in [3.8, 4) is 22.8 Å². The van der Waals surface area contributed by atoms with E-state index in [9.17, 15) is 9.90 Å². The molecule has 0 saturated carbocycles. The normalized spacial score (nSPS) is 11.7. The number of aliphatic hydroxyl groups excluding tert-OH is 1. The van der Waals surface area contributed by atoms with Crippen LogP contribution in [-0.2, 0) is 6.42 Å². The van der Waals surface area contributed by atoms with Crippen molar-refractivity contribution in [3.63, 3.8) is 0 Å². The first kappa shape index (κ1) is 19.4. The summed E-state index contributed by atoms with van der Waals surface area (Å²) in [6, 6.07) is 14.6. The standard InChI is InChI=1S/C21H23N3O4/c1-27-16-8-9-17(19(11-16)28-2)20-18(12-22-24-20)21(26)23-15(13-25)10-14-6-4-3-5-7-14/h3-9,11-12,15,25H,10,13H2,1-2H3,(H,22,24)(H,23,26)/t15-/m1/s1. The maximum atomic E-state index is 12.8. The Morgan fingerprint density at radius 3 is 2.64 bits per heavy atom. The summed E-state index contributed by atoms with van der Waals surface area (Å²) in [5.74, 6) is 0.881. The van der Waals surface area contributed by atoms with Crippen LogP contribution in [0.25, 0.3) is 11.3 Å². The second kappa shape index (κ2) is 9.05. The van der Waals surface area contributed by atoms with Crippen molar-refractivity contribution in [1.29, 1.82) is 0 Å². The van der Waals surface area contributed by atoms with Crippen molar-refractivity contribution in [3.05, 3.63) is 65.9 Å². The highest BCUT2D eigenvalue weighted by Gasteiger charge is 2.21. The second-order valence-electron chi connectivity index (χ2n) is 6.27. The summed E-state index contributed by atoms with van der Waals surface area (Å²) < 4.78 is 10.6. The van der Waals surface area contributed by atoms with Gasteiger partial charge in [-0.2, -0.15) is 5.10 Å². The molecule has 0 fully saturated rings. The van der Waals surface area contributed by atoms with Crippen LogP contribution < -0.4 is 14.8 Å². The van der Waals surface area contributed by atoms with E-state index >= 15 is 0 Å². The lowest BCUT2D eigenvalue weighted by atomic mass is 10.0. The van der Waals surface area contributed by atoms with E-state index in [0.29, 0.717) is 34.7 Å². The average Bonchev–Trinajstić information content (AvgIpc) is 3.23. The minimum atomic E-state index is -0.407. The third-order valence-corrected chi connectivity index (χ3v) is 4.44. The number of nitrogens with zero attached hydrogens (tertiary/aromatic N) is 1. The fourth-order valence-corrected chi connectivity index (χ4v) is 2.99. The number of amides is 1. The smallest absolute Gasteiger partial charge is 0.255 e. The second-order valence-corrected chi connectivity index (χ2v) is 6.27. The van der Waals surface area contributed by atoms with E-state index in [1.54, 1.807) is 32.4 Å². The molecule has 1 heterocycles. The van der Waals surface area contributed by atoms with Crippen molar-refractivity contribution in [2.75, 3.05) is 20.8 Å². The average molecular weight is 381 g/mol. The number of nitrogens with one attached hydrogen (secondary N) is 2. The van der Waals surface area contributed by atoms with Gasteiger partial charge in [-0.15, -0.1) is 0 Å². The largest absolute Gasteiger partial charge is 0.497 e. The molecule has 0 aliphatic heterocycles. The Bertz CT molecular complexity index is 924. The van der Waals surface area contributed by atoms with Crippen LogP contribution in [0.3, 0.4) is 0 Å². The lowest BCUT2D eigenvalue weighted by Gasteiger charge is -2.17. The Balaban J connectivity index is 1.82. The highest BCUT2D eigenvalue weighted by Crippen LogP contribution is 2.33. The quantitative estimate of drug-likeness (QED) is 0.557. The summed E-state index contributed by atoms with van der Waals surface area (Å²) in [6.45, 7) is -0.167. The molecule has 146 valence electrons. The number of rotatable bonds is 8. The molecule has 0 spiro atoms. The van der Waals surface area contributed by atoms with Gasteiger partial charge in [-0.1, -0.05) is 30.3 Å². The molecular formula is C21H23N3O4. The molecule has 2 aromatic carbocycles. The van der Waals surface area contributed by atoms with E-state index in [-0.39, 0.29) is 12.5 Å². The number of methoxy groups -OCH3 is 2. The predicted molar refractivity (Wildman–Crippen MR) is 106 cm³/mol. The van der Waals surface area contributed by atoms with E-state index in [0.717, 1.165) is 5.56 Å². The SMILES string of the molecule is COc1ccc(-c2[nH]ncc2C(=O)N[C@@H](CO)Cc2ccccc2)c(OC)c1. The molecule has 1 amide bonds. The monoisotopic (exact) mass is 381 g/mol. The summed E-state index contributed by atoms with van der Waals surface area (Å²) >= 11 is 0. The van der Waals surface area contributed by atoms with Crippen molar-refractivity contribution in [2.24, 2.45) is 0 Å². The maximum absolute atomic E-state index is 12.8. The number of aromatic nitrogens is 2. The van der Waals surface area contributed by atoms with Crippen LogP contribution in [0.5, 0.6) is 11.5 Å². The van der Waals surface area contributed by atoms with Gasteiger partial charge >= 0.3 is 0 Å². The molecule has 7 heteroatoms. The molecule has 0 aliphatic rings. The number of ether oxygens (including phenoxy) is 2. The van der Waals surface area contributed by atoms with Crippen LogP contribution in [0, 0.1) is 0 Å². The van der Waals surface area contributed by atoms with E-state index in [4.69, 9.17) is 9.47 Å². The molecule has 0 radical (unpaired) electrons. The van der Waals surface area contributed by atoms with Crippen LogP contribution in [0.4, 0.5) is 0 Å². The van der Waals surface area contributed by atoms with Crippen molar-refractivity contribution in [1.82, 2.24) is 15.5 Å². The van der Waals surface area contributed by atoms with E-state index in [2.05, 4.69) is 15.5 Å². The Labute approximate surface area is 163 Å². The number of hydrogen-bond acceptors (Lipinski definition) is 5. The van der Waals surface area contributed by atoms with Gasteiger partial charge < -0.3 is 19.9 Å². The van der Waals surface area contributed by atoms with Crippen LogP contribution in [0.2, 0.25) is 0 Å². The summed E-state index contributed by atoms with van der Waals surface area (Å²) in [4.78, 5) is 12.8. The van der Waals surface area contributed by atoms with Crippen LogP contribution in [0.1, 0.15) is 15.9 Å². The number of aliphatic hydroxyl groups is 1. The zero-order valence-corrected chi connectivity index (χ0v) is 15.8. The molecule has 3 aromatic rings. The van der Waals surface area contributed by atoms with Gasteiger partial charge in [-0.05, 0) is 24.1 Å². The number of carbonyl (C=O) groups is 1. The summed E-state index contributed by atoms with van der Waals surface area (Å²) in [7, 11) is 3.13. The number of carbonyl (C=O) groups excluding carboxylic acids is 1. The first-order valence-corrected chi connectivity index (χ1v) is 8.87. The molecule has 7 nitrogen and oxygen atoms in total. The molecule has 0 saturated heterocycles. The molecule has 3 rings (SSSR count). The Morgan fingerprint density at radius 1 is 1.18 bits per heavy atom. The lowest BCUT2D eigenvalue weighted by Crippen LogP contribution is -2.39. The zero-order chi connectivity index (χ0) is 19.9. The molecule has 0 aliphatic carbocycles. The van der Waals surface area contributed by atoms with Gasteiger partial charge in [0, 0.05) is 11.6 Å². The van der Waals surface area contributed by atoms with Gasteiger partial charge in [0.15, 0.2) is 0 Å².